The topological polar surface area (TPSA) is 46.2 Å². The van der Waals surface area contributed by atoms with E-state index in [1.807, 2.05) is 73.7 Å². The molecule has 110 valence electrons. The van der Waals surface area contributed by atoms with Gasteiger partial charge in [-0.3, -0.25) is 0 Å². The van der Waals surface area contributed by atoms with Crippen LogP contribution in [0, 0.1) is 0 Å². The predicted octanol–water partition coefficient (Wildman–Crippen LogP) is 3.38. The Kier molecular flexibility index (Phi) is 4.94. The van der Waals surface area contributed by atoms with Crippen LogP contribution >= 0.6 is 0 Å². The van der Waals surface area contributed by atoms with Crippen LogP contribution in [0.25, 0.3) is 5.57 Å². The zero-order valence-electron chi connectivity index (χ0n) is 12.2. The molecule has 0 aliphatic rings. The SMILES string of the molecule is C/C(=C\[C@@H](NS(C)(=O)=O)c1ccccc1)c1ccccc1. The fourth-order valence-corrected chi connectivity index (χ4v) is 2.80. The van der Waals surface area contributed by atoms with E-state index in [4.69, 9.17) is 0 Å². The summed E-state index contributed by atoms with van der Waals surface area (Å²) in [5.74, 6) is 0. The molecule has 0 aliphatic heterocycles. The molecule has 2 aromatic rings. The number of nitrogens with one attached hydrogen (secondary N) is 1. The second-order valence-corrected chi connectivity index (χ2v) is 6.77. The third-order valence-electron chi connectivity index (χ3n) is 3.15. The number of benzene rings is 2. The lowest BCUT2D eigenvalue weighted by Gasteiger charge is -2.15. The van der Waals surface area contributed by atoms with E-state index in [2.05, 4.69) is 4.72 Å². The van der Waals surface area contributed by atoms with E-state index < -0.39 is 10.0 Å². The zero-order valence-corrected chi connectivity index (χ0v) is 13.0. The van der Waals surface area contributed by atoms with Gasteiger partial charge in [0.25, 0.3) is 0 Å². The van der Waals surface area contributed by atoms with Crippen molar-refractivity contribution in [2.45, 2.75) is 13.0 Å². The third-order valence-corrected chi connectivity index (χ3v) is 3.83. The summed E-state index contributed by atoms with van der Waals surface area (Å²) in [4.78, 5) is 0. The lowest BCUT2D eigenvalue weighted by Crippen LogP contribution is -2.26. The van der Waals surface area contributed by atoms with Crippen LogP contribution in [0.3, 0.4) is 0 Å². The van der Waals surface area contributed by atoms with Gasteiger partial charge in [-0.1, -0.05) is 66.7 Å². The molecule has 0 amide bonds. The maximum Gasteiger partial charge on any atom is 0.209 e. The number of allylic oxidation sites excluding steroid dienone is 1. The van der Waals surface area contributed by atoms with Gasteiger partial charge in [-0.15, -0.1) is 0 Å². The average Bonchev–Trinajstić information content (AvgIpc) is 2.47. The second-order valence-electron chi connectivity index (χ2n) is 4.99. The number of hydrogen-bond donors (Lipinski definition) is 1. The summed E-state index contributed by atoms with van der Waals surface area (Å²) in [5.41, 5.74) is 3.02. The molecule has 0 spiro atoms. The van der Waals surface area contributed by atoms with Crippen molar-refractivity contribution in [2.75, 3.05) is 6.26 Å². The Bertz CT molecular complexity index is 707. The van der Waals surface area contributed by atoms with Gasteiger partial charge in [0.2, 0.25) is 10.0 Å². The molecule has 0 radical (unpaired) electrons. The molecule has 0 bridgehead atoms. The molecule has 3 nitrogen and oxygen atoms in total. The summed E-state index contributed by atoms with van der Waals surface area (Å²) >= 11 is 0. The van der Waals surface area contributed by atoms with Crippen molar-refractivity contribution in [1.82, 2.24) is 4.72 Å². The van der Waals surface area contributed by atoms with E-state index in [9.17, 15) is 8.42 Å². The maximum absolute atomic E-state index is 11.6. The first-order valence-electron chi connectivity index (χ1n) is 6.72. The van der Waals surface area contributed by atoms with E-state index in [-0.39, 0.29) is 6.04 Å². The van der Waals surface area contributed by atoms with Gasteiger partial charge in [0.15, 0.2) is 0 Å². The molecule has 0 unspecified atom stereocenters. The highest BCUT2D eigenvalue weighted by molar-refractivity contribution is 7.88. The largest absolute Gasteiger partial charge is 0.213 e. The van der Waals surface area contributed by atoms with Gasteiger partial charge in [-0.05, 0) is 23.6 Å². The van der Waals surface area contributed by atoms with Crippen molar-refractivity contribution in [3.63, 3.8) is 0 Å². The molecule has 0 aromatic heterocycles. The molecule has 4 heteroatoms. The van der Waals surface area contributed by atoms with Gasteiger partial charge >= 0.3 is 0 Å². The normalized spacial score (nSPS) is 13.9. The minimum Gasteiger partial charge on any atom is -0.213 e. The molecular formula is C17H19NO2S. The molecule has 2 rings (SSSR count). The second kappa shape index (κ2) is 6.70. The minimum atomic E-state index is -3.29. The molecule has 1 atom stereocenters. The van der Waals surface area contributed by atoms with Crippen LogP contribution in [0.2, 0.25) is 0 Å². The van der Waals surface area contributed by atoms with Crippen LogP contribution in [-0.4, -0.2) is 14.7 Å². The third kappa shape index (κ3) is 4.85. The smallest absolute Gasteiger partial charge is 0.209 e. The summed E-state index contributed by atoms with van der Waals surface area (Å²) in [6, 6.07) is 19.1. The lowest BCUT2D eigenvalue weighted by atomic mass is 10.0. The van der Waals surface area contributed by atoms with E-state index in [1.165, 1.54) is 6.26 Å². The van der Waals surface area contributed by atoms with Crippen molar-refractivity contribution in [1.29, 1.82) is 0 Å². The summed E-state index contributed by atoms with van der Waals surface area (Å²) in [6.45, 7) is 1.98. The van der Waals surface area contributed by atoms with E-state index in [0.717, 1.165) is 16.7 Å². The average molecular weight is 301 g/mol. The van der Waals surface area contributed by atoms with Crippen LogP contribution in [0.1, 0.15) is 24.1 Å². The maximum atomic E-state index is 11.6. The fourth-order valence-electron chi connectivity index (χ4n) is 2.14. The quantitative estimate of drug-likeness (QED) is 0.920. The molecule has 1 N–H and O–H groups in total. The Morgan fingerprint density at radius 1 is 1.00 bits per heavy atom. The molecule has 0 fully saturated rings. The van der Waals surface area contributed by atoms with Crippen molar-refractivity contribution in [3.05, 3.63) is 77.9 Å². The Balaban J connectivity index is 2.37. The highest BCUT2D eigenvalue weighted by Gasteiger charge is 2.14. The first kappa shape index (κ1) is 15.5. The lowest BCUT2D eigenvalue weighted by molar-refractivity contribution is 0.580. The summed E-state index contributed by atoms with van der Waals surface area (Å²) in [5, 5.41) is 0. The number of hydrogen-bond acceptors (Lipinski definition) is 2. The first-order chi connectivity index (χ1) is 9.96. The van der Waals surface area contributed by atoms with Crippen LogP contribution in [0.4, 0.5) is 0 Å². The molecule has 0 saturated carbocycles. The fraction of sp³-hybridized carbons (Fsp3) is 0.176. The highest BCUT2D eigenvalue weighted by atomic mass is 32.2. The molecule has 2 aromatic carbocycles. The van der Waals surface area contributed by atoms with Crippen LogP contribution in [-0.2, 0) is 10.0 Å². The van der Waals surface area contributed by atoms with E-state index in [1.54, 1.807) is 0 Å². The first-order valence-corrected chi connectivity index (χ1v) is 8.61. The zero-order chi connectivity index (χ0) is 15.3. The van der Waals surface area contributed by atoms with Gasteiger partial charge in [-0.25, -0.2) is 13.1 Å². The Hall–Kier alpha value is -1.91. The van der Waals surface area contributed by atoms with Crippen molar-refractivity contribution < 1.29 is 8.42 Å². The number of sulfonamides is 1. The van der Waals surface area contributed by atoms with Crippen molar-refractivity contribution in [2.24, 2.45) is 0 Å². The minimum absolute atomic E-state index is 0.374. The van der Waals surface area contributed by atoms with Crippen molar-refractivity contribution >= 4 is 15.6 Å². The monoisotopic (exact) mass is 301 g/mol. The van der Waals surface area contributed by atoms with Gasteiger partial charge < -0.3 is 0 Å². The van der Waals surface area contributed by atoms with E-state index in [0.29, 0.717) is 0 Å². The summed E-state index contributed by atoms with van der Waals surface area (Å²) in [7, 11) is -3.29. The predicted molar refractivity (Wildman–Crippen MR) is 87.3 cm³/mol. The molecule has 0 heterocycles. The van der Waals surface area contributed by atoms with Crippen molar-refractivity contribution in [3.8, 4) is 0 Å². The summed E-state index contributed by atoms with van der Waals surface area (Å²) < 4.78 is 25.9. The summed E-state index contributed by atoms with van der Waals surface area (Å²) in [6.07, 6.45) is 3.11. The Morgan fingerprint density at radius 3 is 2.05 bits per heavy atom. The van der Waals surface area contributed by atoms with Crippen LogP contribution in [0.5, 0.6) is 0 Å². The molecule has 21 heavy (non-hydrogen) atoms. The van der Waals surface area contributed by atoms with Crippen LogP contribution in [0.15, 0.2) is 66.7 Å². The molecule has 0 saturated heterocycles. The molecular weight excluding hydrogens is 282 g/mol. The van der Waals surface area contributed by atoms with Crippen LogP contribution < -0.4 is 4.72 Å². The number of rotatable bonds is 5. The molecule has 0 aliphatic carbocycles. The van der Waals surface area contributed by atoms with Gasteiger partial charge in [0.05, 0.1) is 12.3 Å². The van der Waals surface area contributed by atoms with Gasteiger partial charge in [0.1, 0.15) is 0 Å². The van der Waals surface area contributed by atoms with E-state index >= 15 is 0 Å². The Morgan fingerprint density at radius 2 is 1.52 bits per heavy atom. The van der Waals surface area contributed by atoms with Gasteiger partial charge in [-0.2, -0.15) is 0 Å². The van der Waals surface area contributed by atoms with Gasteiger partial charge in [0, 0.05) is 0 Å². The Labute approximate surface area is 126 Å². The standard InChI is InChI=1S/C17H19NO2S/c1-14(15-9-5-3-6-10-15)13-17(18-21(2,19)20)16-11-7-4-8-12-16/h3-13,17-18H,1-2H3/b14-13+/t17-/m1/s1. The highest BCUT2D eigenvalue weighted by Crippen LogP contribution is 2.21.